The van der Waals surface area contributed by atoms with Gasteiger partial charge in [0.15, 0.2) is 0 Å². The third kappa shape index (κ3) is 4.45. The molecule has 1 aromatic carbocycles. The third-order valence-corrected chi connectivity index (χ3v) is 4.63. The van der Waals surface area contributed by atoms with Crippen LogP contribution in [0.15, 0.2) is 47.3 Å². The van der Waals surface area contributed by atoms with Crippen molar-refractivity contribution in [1.29, 1.82) is 0 Å². The van der Waals surface area contributed by atoms with Gasteiger partial charge in [0.25, 0.3) is 5.56 Å². The summed E-state index contributed by atoms with van der Waals surface area (Å²) in [4.78, 5) is 23.3. The molecule has 7 nitrogen and oxygen atoms in total. The standard InChI is InChI=1S/C16H18N2O5S/c1-2-13-8-9-14(16(21)18(13)10-15(19)20)17-24(22,23)11-12-6-4-3-5-7-12/h3-9,17H,2,10-11H2,1H3,(H,19,20). The van der Waals surface area contributed by atoms with Gasteiger partial charge in [-0.3, -0.25) is 18.9 Å². The van der Waals surface area contributed by atoms with Crippen LogP contribution in [-0.2, 0) is 33.5 Å². The summed E-state index contributed by atoms with van der Waals surface area (Å²) in [5, 5.41) is 8.93. The van der Waals surface area contributed by atoms with Crippen molar-refractivity contribution in [2.45, 2.75) is 25.6 Å². The van der Waals surface area contributed by atoms with Crippen LogP contribution in [0.1, 0.15) is 18.2 Å². The number of carboxylic acid groups (broad SMARTS) is 1. The molecule has 0 fully saturated rings. The van der Waals surface area contributed by atoms with E-state index >= 15 is 0 Å². The molecule has 1 heterocycles. The highest BCUT2D eigenvalue weighted by Gasteiger charge is 2.16. The van der Waals surface area contributed by atoms with E-state index in [1.54, 1.807) is 43.3 Å². The Balaban J connectivity index is 2.32. The van der Waals surface area contributed by atoms with Crippen molar-refractivity contribution in [3.05, 3.63) is 64.1 Å². The first-order chi connectivity index (χ1) is 11.3. The summed E-state index contributed by atoms with van der Waals surface area (Å²) in [6.45, 7) is 1.27. The van der Waals surface area contributed by atoms with Gasteiger partial charge < -0.3 is 5.11 Å². The van der Waals surface area contributed by atoms with E-state index in [9.17, 15) is 18.0 Å². The molecule has 0 saturated heterocycles. The highest BCUT2D eigenvalue weighted by atomic mass is 32.2. The molecule has 0 aliphatic heterocycles. The van der Waals surface area contributed by atoms with Crippen LogP contribution in [0.4, 0.5) is 5.69 Å². The molecule has 1 aromatic heterocycles. The van der Waals surface area contributed by atoms with Crippen LogP contribution in [0.5, 0.6) is 0 Å². The number of carboxylic acids is 1. The fourth-order valence-electron chi connectivity index (χ4n) is 2.31. The summed E-state index contributed by atoms with van der Waals surface area (Å²) in [6, 6.07) is 11.5. The molecule has 0 spiro atoms. The average Bonchev–Trinajstić information content (AvgIpc) is 2.51. The molecule has 0 amide bonds. The fraction of sp³-hybridized carbons (Fsp3) is 0.250. The summed E-state index contributed by atoms with van der Waals surface area (Å²) in [5.41, 5.74) is 0.271. The minimum Gasteiger partial charge on any atom is -0.480 e. The molecule has 128 valence electrons. The Morgan fingerprint density at radius 1 is 1.17 bits per heavy atom. The zero-order chi connectivity index (χ0) is 17.7. The van der Waals surface area contributed by atoms with Gasteiger partial charge in [-0.2, -0.15) is 0 Å². The van der Waals surface area contributed by atoms with Gasteiger partial charge in [-0.15, -0.1) is 0 Å². The maximum Gasteiger partial charge on any atom is 0.323 e. The number of aromatic nitrogens is 1. The van der Waals surface area contributed by atoms with Crippen molar-refractivity contribution >= 4 is 21.7 Å². The second-order valence-electron chi connectivity index (χ2n) is 5.22. The molecule has 2 aromatic rings. The van der Waals surface area contributed by atoms with E-state index in [1.807, 2.05) is 0 Å². The minimum atomic E-state index is -3.79. The number of aryl methyl sites for hydroxylation is 1. The van der Waals surface area contributed by atoms with Crippen molar-refractivity contribution < 1.29 is 18.3 Å². The second-order valence-corrected chi connectivity index (χ2v) is 6.95. The van der Waals surface area contributed by atoms with Crippen LogP contribution in [0.3, 0.4) is 0 Å². The minimum absolute atomic E-state index is 0.163. The lowest BCUT2D eigenvalue weighted by Gasteiger charge is -2.13. The van der Waals surface area contributed by atoms with Gasteiger partial charge in [0.2, 0.25) is 10.0 Å². The lowest BCUT2D eigenvalue weighted by Crippen LogP contribution is -2.30. The van der Waals surface area contributed by atoms with Crippen molar-refractivity contribution in [3.8, 4) is 0 Å². The van der Waals surface area contributed by atoms with Crippen molar-refractivity contribution in [3.63, 3.8) is 0 Å². The van der Waals surface area contributed by atoms with Gasteiger partial charge in [-0.05, 0) is 24.1 Å². The molecule has 0 bridgehead atoms. The average molecular weight is 350 g/mol. The monoisotopic (exact) mass is 350 g/mol. The quantitative estimate of drug-likeness (QED) is 0.786. The van der Waals surface area contributed by atoms with Crippen molar-refractivity contribution in [2.75, 3.05) is 4.72 Å². The van der Waals surface area contributed by atoms with E-state index in [-0.39, 0.29) is 11.4 Å². The van der Waals surface area contributed by atoms with E-state index in [4.69, 9.17) is 5.11 Å². The number of hydrogen-bond acceptors (Lipinski definition) is 4. The summed E-state index contributed by atoms with van der Waals surface area (Å²) in [5.74, 6) is -1.45. The topological polar surface area (TPSA) is 105 Å². The van der Waals surface area contributed by atoms with Gasteiger partial charge in [-0.25, -0.2) is 8.42 Å². The maximum atomic E-state index is 12.4. The number of nitrogens with zero attached hydrogens (tertiary/aromatic N) is 1. The van der Waals surface area contributed by atoms with Crippen LogP contribution < -0.4 is 10.3 Å². The Labute approximate surface area is 139 Å². The van der Waals surface area contributed by atoms with Crippen molar-refractivity contribution in [2.24, 2.45) is 0 Å². The van der Waals surface area contributed by atoms with Crippen molar-refractivity contribution in [1.82, 2.24) is 4.57 Å². The first kappa shape index (κ1) is 17.7. The third-order valence-electron chi connectivity index (χ3n) is 3.39. The van der Waals surface area contributed by atoms with Gasteiger partial charge in [0.05, 0.1) is 5.75 Å². The number of aliphatic carboxylic acids is 1. The smallest absolute Gasteiger partial charge is 0.323 e. The van der Waals surface area contributed by atoms with E-state index in [0.29, 0.717) is 17.7 Å². The molecule has 2 N–H and O–H groups in total. The van der Waals surface area contributed by atoms with Crippen LogP contribution in [0.25, 0.3) is 0 Å². The molecule has 0 aliphatic rings. The number of benzene rings is 1. The van der Waals surface area contributed by atoms with Gasteiger partial charge in [0, 0.05) is 5.69 Å². The lowest BCUT2D eigenvalue weighted by molar-refractivity contribution is -0.137. The van der Waals surface area contributed by atoms with E-state index < -0.39 is 28.1 Å². The number of nitrogens with one attached hydrogen (secondary N) is 1. The Morgan fingerprint density at radius 3 is 2.42 bits per heavy atom. The normalized spacial score (nSPS) is 11.2. The fourth-order valence-corrected chi connectivity index (χ4v) is 3.50. The van der Waals surface area contributed by atoms with Crippen LogP contribution in [0, 0.1) is 0 Å². The Kier molecular flexibility index (Phi) is 5.40. The highest BCUT2D eigenvalue weighted by Crippen LogP contribution is 2.11. The van der Waals surface area contributed by atoms with Crippen LogP contribution in [0.2, 0.25) is 0 Å². The molecular weight excluding hydrogens is 332 g/mol. The van der Waals surface area contributed by atoms with Crippen LogP contribution >= 0.6 is 0 Å². The van der Waals surface area contributed by atoms with Gasteiger partial charge in [0.1, 0.15) is 12.2 Å². The number of sulfonamides is 1. The van der Waals surface area contributed by atoms with E-state index in [1.165, 1.54) is 6.07 Å². The molecule has 0 aliphatic carbocycles. The molecular formula is C16H18N2O5S. The number of anilines is 1. The Hall–Kier alpha value is -2.61. The summed E-state index contributed by atoms with van der Waals surface area (Å²) >= 11 is 0. The van der Waals surface area contributed by atoms with Gasteiger partial charge >= 0.3 is 5.97 Å². The predicted octanol–water partition coefficient (Wildman–Crippen LogP) is 1.44. The SMILES string of the molecule is CCc1ccc(NS(=O)(=O)Cc2ccccc2)c(=O)n1CC(=O)O. The second kappa shape index (κ2) is 7.31. The van der Waals surface area contributed by atoms with E-state index in [0.717, 1.165) is 4.57 Å². The number of carbonyl (C=O) groups is 1. The lowest BCUT2D eigenvalue weighted by atomic mass is 10.2. The molecule has 8 heteroatoms. The maximum absolute atomic E-state index is 12.4. The molecule has 0 atom stereocenters. The molecule has 0 unspecified atom stereocenters. The molecule has 0 radical (unpaired) electrons. The molecule has 24 heavy (non-hydrogen) atoms. The first-order valence-corrected chi connectivity index (χ1v) is 8.96. The number of rotatable bonds is 7. The predicted molar refractivity (Wildman–Crippen MR) is 90.4 cm³/mol. The summed E-state index contributed by atoms with van der Waals surface area (Å²) < 4.78 is 27.8. The molecule has 2 rings (SSSR count). The van der Waals surface area contributed by atoms with Gasteiger partial charge in [-0.1, -0.05) is 37.3 Å². The highest BCUT2D eigenvalue weighted by molar-refractivity contribution is 7.91. The number of hydrogen-bond donors (Lipinski definition) is 2. The first-order valence-electron chi connectivity index (χ1n) is 7.31. The summed E-state index contributed by atoms with van der Waals surface area (Å²) in [7, 11) is -3.79. The van der Waals surface area contributed by atoms with E-state index in [2.05, 4.69) is 4.72 Å². The Morgan fingerprint density at radius 2 is 1.83 bits per heavy atom. The van der Waals surface area contributed by atoms with Crippen LogP contribution in [-0.4, -0.2) is 24.1 Å². The zero-order valence-corrected chi connectivity index (χ0v) is 13.9. The summed E-state index contributed by atoms with van der Waals surface area (Å²) in [6.07, 6.45) is 0.458. The number of pyridine rings is 1. The Bertz CT molecular complexity index is 888. The largest absolute Gasteiger partial charge is 0.480 e. The zero-order valence-electron chi connectivity index (χ0n) is 13.1. The molecule has 0 saturated carbocycles.